The molecule has 3 N–H and O–H groups in total. The topological polar surface area (TPSA) is 50.5 Å². The number of nitrogens with one attached hydrogen (secondary N) is 1. The lowest BCUT2D eigenvalue weighted by Gasteiger charge is -2.30. The van der Waals surface area contributed by atoms with E-state index >= 15 is 0 Å². The standard InChI is InChI=1S/C10H16ClN3OS/c11-10-2-1-9(16-10)8(7-12)13-14-3-5-15-6-4-14/h1-2,8,13H,3-7,12H2. The van der Waals surface area contributed by atoms with Crippen LogP contribution in [-0.4, -0.2) is 37.9 Å². The fourth-order valence-corrected chi connectivity index (χ4v) is 2.78. The molecule has 90 valence electrons. The van der Waals surface area contributed by atoms with Crippen LogP contribution in [-0.2, 0) is 4.74 Å². The molecule has 0 saturated carbocycles. The molecule has 1 aromatic rings. The Morgan fingerprint density at radius 1 is 1.50 bits per heavy atom. The second-order valence-electron chi connectivity index (χ2n) is 3.66. The lowest BCUT2D eigenvalue weighted by Crippen LogP contribution is -2.48. The van der Waals surface area contributed by atoms with Crippen LogP contribution in [0.3, 0.4) is 0 Å². The normalized spacial score (nSPS) is 19.9. The van der Waals surface area contributed by atoms with Crippen molar-refractivity contribution in [2.75, 3.05) is 32.8 Å². The fraction of sp³-hybridized carbons (Fsp3) is 0.600. The summed E-state index contributed by atoms with van der Waals surface area (Å²) in [5, 5.41) is 2.16. The van der Waals surface area contributed by atoms with Crippen molar-refractivity contribution in [3.63, 3.8) is 0 Å². The molecule has 0 bridgehead atoms. The van der Waals surface area contributed by atoms with Gasteiger partial charge in [0.05, 0.1) is 23.6 Å². The van der Waals surface area contributed by atoms with Crippen LogP contribution < -0.4 is 11.2 Å². The zero-order valence-corrected chi connectivity index (χ0v) is 10.6. The molecule has 0 aliphatic carbocycles. The Kier molecular flexibility index (Phi) is 4.57. The van der Waals surface area contributed by atoms with E-state index in [1.54, 1.807) is 11.3 Å². The molecule has 1 unspecified atom stereocenters. The van der Waals surface area contributed by atoms with E-state index in [2.05, 4.69) is 10.4 Å². The summed E-state index contributed by atoms with van der Waals surface area (Å²) < 4.78 is 6.10. The average Bonchev–Trinajstić information content (AvgIpc) is 2.74. The van der Waals surface area contributed by atoms with Crippen LogP contribution in [0.25, 0.3) is 0 Å². The zero-order valence-electron chi connectivity index (χ0n) is 8.99. The van der Waals surface area contributed by atoms with Gasteiger partial charge < -0.3 is 10.5 Å². The molecule has 1 aliphatic heterocycles. The molecule has 0 radical (unpaired) electrons. The Bertz CT molecular complexity index is 328. The van der Waals surface area contributed by atoms with Gasteiger partial charge in [0.25, 0.3) is 0 Å². The van der Waals surface area contributed by atoms with Crippen molar-refractivity contribution in [3.8, 4) is 0 Å². The number of rotatable bonds is 4. The van der Waals surface area contributed by atoms with Gasteiger partial charge >= 0.3 is 0 Å². The number of hydrazine groups is 1. The van der Waals surface area contributed by atoms with Crippen LogP contribution in [0.5, 0.6) is 0 Å². The molecule has 4 nitrogen and oxygen atoms in total. The van der Waals surface area contributed by atoms with Gasteiger partial charge in [0.2, 0.25) is 0 Å². The first-order chi connectivity index (χ1) is 7.79. The van der Waals surface area contributed by atoms with E-state index in [9.17, 15) is 0 Å². The van der Waals surface area contributed by atoms with Gasteiger partial charge in [-0.05, 0) is 12.1 Å². The summed E-state index contributed by atoms with van der Waals surface area (Å²) in [5.41, 5.74) is 9.19. The first kappa shape index (κ1) is 12.3. The van der Waals surface area contributed by atoms with Gasteiger partial charge in [0.15, 0.2) is 0 Å². The van der Waals surface area contributed by atoms with E-state index in [0.29, 0.717) is 6.54 Å². The monoisotopic (exact) mass is 261 g/mol. The maximum absolute atomic E-state index is 5.92. The van der Waals surface area contributed by atoms with Crippen LogP contribution in [0.15, 0.2) is 12.1 Å². The van der Waals surface area contributed by atoms with E-state index in [1.165, 1.54) is 4.88 Å². The molecular weight excluding hydrogens is 246 g/mol. The summed E-state index contributed by atoms with van der Waals surface area (Å²) in [6, 6.07) is 4.08. The predicted molar refractivity (Wildman–Crippen MR) is 66.7 cm³/mol. The first-order valence-corrected chi connectivity index (χ1v) is 6.53. The average molecular weight is 262 g/mol. The number of halogens is 1. The third-order valence-corrected chi connectivity index (χ3v) is 3.87. The first-order valence-electron chi connectivity index (χ1n) is 5.34. The Balaban J connectivity index is 1.94. The van der Waals surface area contributed by atoms with E-state index in [1.807, 2.05) is 12.1 Å². The quantitative estimate of drug-likeness (QED) is 0.856. The minimum Gasteiger partial charge on any atom is -0.379 e. The molecule has 16 heavy (non-hydrogen) atoms. The van der Waals surface area contributed by atoms with Crippen molar-refractivity contribution in [3.05, 3.63) is 21.3 Å². The van der Waals surface area contributed by atoms with Crippen molar-refractivity contribution in [1.82, 2.24) is 10.4 Å². The summed E-state index contributed by atoms with van der Waals surface area (Å²) in [6.07, 6.45) is 0. The highest BCUT2D eigenvalue weighted by molar-refractivity contribution is 7.16. The molecule has 2 heterocycles. The summed E-state index contributed by atoms with van der Waals surface area (Å²) in [4.78, 5) is 1.18. The largest absolute Gasteiger partial charge is 0.379 e. The van der Waals surface area contributed by atoms with Crippen molar-refractivity contribution in [2.24, 2.45) is 5.73 Å². The van der Waals surface area contributed by atoms with Gasteiger partial charge in [0.1, 0.15) is 0 Å². The summed E-state index contributed by atoms with van der Waals surface area (Å²) in [7, 11) is 0. The highest BCUT2D eigenvalue weighted by Crippen LogP contribution is 2.26. The molecule has 1 aromatic heterocycles. The lowest BCUT2D eigenvalue weighted by molar-refractivity contribution is 0.00433. The highest BCUT2D eigenvalue weighted by atomic mass is 35.5. The zero-order chi connectivity index (χ0) is 11.4. The molecule has 6 heteroatoms. The van der Waals surface area contributed by atoms with Crippen LogP contribution in [0.1, 0.15) is 10.9 Å². The minimum atomic E-state index is 0.149. The molecule has 0 amide bonds. The molecule has 1 atom stereocenters. The Morgan fingerprint density at radius 3 is 2.81 bits per heavy atom. The van der Waals surface area contributed by atoms with Gasteiger partial charge in [-0.3, -0.25) is 0 Å². The summed E-state index contributed by atoms with van der Waals surface area (Å²) in [6.45, 7) is 3.91. The van der Waals surface area contributed by atoms with Gasteiger partial charge in [-0.25, -0.2) is 10.4 Å². The second-order valence-corrected chi connectivity index (χ2v) is 5.41. The number of morpholine rings is 1. The van der Waals surface area contributed by atoms with E-state index in [-0.39, 0.29) is 6.04 Å². The van der Waals surface area contributed by atoms with Crippen molar-refractivity contribution in [2.45, 2.75) is 6.04 Å². The van der Waals surface area contributed by atoms with E-state index in [4.69, 9.17) is 22.1 Å². The third kappa shape index (κ3) is 3.16. The number of hydrogen-bond donors (Lipinski definition) is 2. The predicted octanol–water partition coefficient (Wildman–Crippen LogP) is 1.24. The van der Waals surface area contributed by atoms with Gasteiger partial charge in [0, 0.05) is 24.5 Å². The van der Waals surface area contributed by atoms with Crippen LogP contribution in [0, 0.1) is 0 Å². The number of hydrogen-bond acceptors (Lipinski definition) is 5. The van der Waals surface area contributed by atoms with Gasteiger partial charge in [-0.2, -0.15) is 0 Å². The summed E-state index contributed by atoms with van der Waals surface area (Å²) in [5.74, 6) is 0. The molecule has 1 aliphatic rings. The molecule has 2 rings (SSSR count). The minimum absolute atomic E-state index is 0.149. The maximum Gasteiger partial charge on any atom is 0.0931 e. The molecule has 1 saturated heterocycles. The molecule has 0 aromatic carbocycles. The van der Waals surface area contributed by atoms with Crippen molar-refractivity contribution in [1.29, 1.82) is 0 Å². The molecule has 0 spiro atoms. The van der Waals surface area contributed by atoms with Crippen LogP contribution >= 0.6 is 22.9 Å². The van der Waals surface area contributed by atoms with Gasteiger partial charge in [-0.15, -0.1) is 11.3 Å². The lowest BCUT2D eigenvalue weighted by atomic mass is 10.2. The highest BCUT2D eigenvalue weighted by Gasteiger charge is 2.17. The number of thiophene rings is 1. The number of nitrogens with zero attached hydrogens (tertiary/aromatic N) is 1. The van der Waals surface area contributed by atoms with Gasteiger partial charge in [-0.1, -0.05) is 11.6 Å². The van der Waals surface area contributed by atoms with E-state index in [0.717, 1.165) is 30.6 Å². The maximum atomic E-state index is 5.92. The smallest absolute Gasteiger partial charge is 0.0931 e. The Hall–Kier alpha value is -0.170. The van der Waals surface area contributed by atoms with Crippen molar-refractivity contribution >= 4 is 22.9 Å². The SMILES string of the molecule is NCC(NN1CCOCC1)c1ccc(Cl)s1. The molecule has 1 fully saturated rings. The number of ether oxygens (including phenoxy) is 1. The summed E-state index contributed by atoms with van der Waals surface area (Å²) >= 11 is 7.49. The van der Waals surface area contributed by atoms with E-state index < -0.39 is 0 Å². The van der Waals surface area contributed by atoms with Crippen LogP contribution in [0.4, 0.5) is 0 Å². The molecular formula is C10H16ClN3OS. The van der Waals surface area contributed by atoms with Crippen LogP contribution in [0.2, 0.25) is 4.34 Å². The third-order valence-electron chi connectivity index (χ3n) is 2.52. The fourth-order valence-electron chi connectivity index (χ4n) is 1.66. The second kappa shape index (κ2) is 5.95. The number of nitrogens with two attached hydrogens (primary N) is 1. The Morgan fingerprint density at radius 2 is 2.25 bits per heavy atom. The Labute approximate surface area is 104 Å². The van der Waals surface area contributed by atoms with Crippen molar-refractivity contribution < 1.29 is 4.74 Å².